The van der Waals surface area contributed by atoms with Gasteiger partial charge in [0.25, 0.3) is 5.82 Å². The molecule has 0 saturated heterocycles. The molecule has 0 fully saturated rings. The molecule has 0 radical (unpaired) electrons. The number of alkyl halides is 3. The number of nitrogens with zero attached hydrogens (tertiary/aromatic N) is 2. The Labute approximate surface area is 231 Å². The summed E-state index contributed by atoms with van der Waals surface area (Å²) in [5.41, 5.74) is 7.11. The smallest absolute Gasteiger partial charge is 0.195 e. The first-order valence-corrected chi connectivity index (χ1v) is 13.9. The van der Waals surface area contributed by atoms with Crippen LogP contribution in [0.5, 0.6) is 0 Å². The molecule has 39 heavy (non-hydrogen) atoms. The van der Waals surface area contributed by atoms with E-state index in [1.807, 2.05) is 0 Å². The molecule has 0 N–H and O–H groups in total. The van der Waals surface area contributed by atoms with E-state index in [2.05, 4.69) is 113 Å². The van der Waals surface area contributed by atoms with Gasteiger partial charge >= 0.3 is 6.18 Å². The minimum absolute atomic E-state index is 0.268. The first kappa shape index (κ1) is 28.7. The molecule has 1 aromatic heterocycles. The van der Waals surface area contributed by atoms with Gasteiger partial charge in [0.15, 0.2) is 0 Å². The number of aromatic nitrogens is 2. The van der Waals surface area contributed by atoms with E-state index in [9.17, 15) is 13.2 Å². The van der Waals surface area contributed by atoms with Crippen LogP contribution >= 0.6 is 0 Å². The molecule has 0 spiro atoms. The summed E-state index contributed by atoms with van der Waals surface area (Å²) in [5, 5.41) is 0. The van der Waals surface area contributed by atoms with Crippen LogP contribution in [0.25, 0.3) is 22.8 Å². The molecule has 206 valence electrons. The largest absolute Gasteiger partial charge is 0.416 e. The van der Waals surface area contributed by atoms with Crippen LogP contribution in [0.15, 0.2) is 73.1 Å². The van der Waals surface area contributed by atoms with Crippen molar-refractivity contribution >= 4 is 0 Å². The lowest BCUT2D eigenvalue weighted by atomic mass is 9.92. The molecule has 0 aliphatic rings. The second kappa shape index (κ2) is 11.0. The molecule has 4 rings (SSSR count). The van der Waals surface area contributed by atoms with Crippen LogP contribution < -0.4 is 4.57 Å². The van der Waals surface area contributed by atoms with Gasteiger partial charge in [-0.15, -0.1) is 0 Å². The van der Waals surface area contributed by atoms with Gasteiger partial charge in [-0.1, -0.05) is 91.8 Å². The maximum Gasteiger partial charge on any atom is 0.416 e. The van der Waals surface area contributed by atoms with Crippen molar-refractivity contribution in [1.29, 1.82) is 0 Å². The summed E-state index contributed by atoms with van der Waals surface area (Å²) in [5.74, 6) is 1.91. The van der Waals surface area contributed by atoms with Crippen LogP contribution in [0.4, 0.5) is 13.2 Å². The zero-order valence-electron chi connectivity index (χ0n) is 24.3. The van der Waals surface area contributed by atoms with Crippen LogP contribution in [-0.2, 0) is 6.18 Å². The Balaban J connectivity index is 2.14. The lowest BCUT2D eigenvalue weighted by Gasteiger charge is -2.20. The minimum Gasteiger partial charge on any atom is -0.195 e. The van der Waals surface area contributed by atoms with Crippen LogP contribution in [0.3, 0.4) is 0 Å². The summed E-state index contributed by atoms with van der Waals surface area (Å²) in [6.45, 7) is 17.5. The average Bonchev–Trinajstić information content (AvgIpc) is 3.31. The van der Waals surface area contributed by atoms with Gasteiger partial charge in [0.05, 0.1) is 11.1 Å². The monoisotopic (exact) mass is 533 g/mol. The van der Waals surface area contributed by atoms with E-state index in [0.29, 0.717) is 0 Å². The Morgan fingerprint density at radius 3 is 1.46 bits per heavy atom. The molecule has 0 saturated carbocycles. The van der Waals surface area contributed by atoms with Gasteiger partial charge in [0, 0.05) is 22.3 Å². The van der Waals surface area contributed by atoms with Gasteiger partial charge in [-0.3, -0.25) is 0 Å². The third kappa shape index (κ3) is 5.54. The fraction of sp³-hybridized carbons (Fsp3) is 0.382. The molecule has 0 unspecified atom stereocenters. The zero-order valence-corrected chi connectivity index (χ0v) is 24.3. The summed E-state index contributed by atoms with van der Waals surface area (Å²) in [4.78, 5) is 0. The number of para-hydroxylation sites is 2. The number of halogens is 3. The quantitative estimate of drug-likeness (QED) is 0.209. The highest BCUT2D eigenvalue weighted by Gasteiger charge is 2.33. The Morgan fingerprint density at radius 1 is 0.615 bits per heavy atom. The molecule has 1 heterocycles. The average molecular weight is 534 g/mol. The molecular formula is C34H40F3N2+. The summed E-state index contributed by atoms with van der Waals surface area (Å²) in [7, 11) is 0. The summed E-state index contributed by atoms with van der Waals surface area (Å²) < 4.78 is 44.9. The van der Waals surface area contributed by atoms with E-state index in [1.165, 1.54) is 34.4 Å². The maximum atomic E-state index is 13.5. The van der Waals surface area contributed by atoms with Crippen molar-refractivity contribution in [3.63, 3.8) is 0 Å². The molecule has 5 heteroatoms. The molecule has 0 amide bonds. The van der Waals surface area contributed by atoms with Crippen LogP contribution in [0.1, 0.15) is 107 Å². The normalized spacial score (nSPS) is 12.4. The van der Waals surface area contributed by atoms with Gasteiger partial charge in [-0.25, -0.2) is 0 Å². The highest BCUT2D eigenvalue weighted by atomic mass is 19.4. The van der Waals surface area contributed by atoms with Crippen LogP contribution in [-0.4, -0.2) is 4.57 Å². The molecule has 4 aromatic rings. The van der Waals surface area contributed by atoms with Gasteiger partial charge in [0.1, 0.15) is 23.8 Å². The lowest BCUT2D eigenvalue weighted by Crippen LogP contribution is -2.35. The van der Waals surface area contributed by atoms with Crippen molar-refractivity contribution in [2.75, 3.05) is 0 Å². The van der Waals surface area contributed by atoms with E-state index in [1.54, 1.807) is 12.1 Å². The van der Waals surface area contributed by atoms with E-state index >= 15 is 0 Å². The number of hydrogen-bond donors (Lipinski definition) is 0. The van der Waals surface area contributed by atoms with E-state index in [-0.39, 0.29) is 23.7 Å². The summed E-state index contributed by atoms with van der Waals surface area (Å²) in [6.07, 6.45) is -0.247. The molecular weight excluding hydrogens is 493 g/mol. The highest BCUT2D eigenvalue weighted by Crippen LogP contribution is 2.37. The van der Waals surface area contributed by atoms with E-state index < -0.39 is 11.7 Å². The molecule has 3 aromatic carbocycles. The van der Waals surface area contributed by atoms with E-state index in [4.69, 9.17) is 0 Å². The highest BCUT2D eigenvalue weighted by molar-refractivity contribution is 5.62. The number of imidazole rings is 1. The van der Waals surface area contributed by atoms with Crippen molar-refractivity contribution in [2.45, 2.75) is 85.2 Å². The second-order valence-electron chi connectivity index (χ2n) is 11.6. The Kier molecular flexibility index (Phi) is 8.11. The Bertz CT molecular complexity index is 1310. The number of hydrogen-bond acceptors (Lipinski definition) is 0. The minimum atomic E-state index is -4.39. The zero-order chi connectivity index (χ0) is 28.6. The van der Waals surface area contributed by atoms with Gasteiger partial charge in [-0.05, 0) is 47.9 Å². The number of rotatable bonds is 7. The van der Waals surface area contributed by atoms with Gasteiger partial charge in [-0.2, -0.15) is 22.3 Å². The molecule has 0 atom stereocenters. The standard InChI is InChI=1S/C34H40F3N2/c1-21(2)27-11-9-12-28(22(3)4)31(27)38-19-20-39(32-29(23(5)6)13-10-14-30(32)24(7)8)33(38)25-15-17-26(18-16-25)34(35,36)37/h9-24H,1-8H3/q+1. The predicted octanol–water partition coefficient (Wildman–Crippen LogP) is 9.93. The predicted molar refractivity (Wildman–Crippen MR) is 154 cm³/mol. The van der Waals surface area contributed by atoms with Gasteiger partial charge < -0.3 is 0 Å². The van der Waals surface area contributed by atoms with Crippen molar-refractivity contribution < 1.29 is 17.7 Å². The number of benzene rings is 3. The first-order chi connectivity index (χ1) is 18.3. The molecule has 0 aliphatic heterocycles. The summed E-state index contributed by atoms with van der Waals surface area (Å²) in [6, 6.07) is 18.4. The molecule has 0 bridgehead atoms. The molecule has 0 aliphatic carbocycles. The fourth-order valence-electron chi connectivity index (χ4n) is 5.42. The van der Waals surface area contributed by atoms with Crippen LogP contribution in [0, 0.1) is 0 Å². The third-order valence-electron chi connectivity index (χ3n) is 7.46. The van der Waals surface area contributed by atoms with Crippen molar-refractivity contribution in [1.82, 2.24) is 4.57 Å². The van der Waals surface area contributed by atoms with Crippen molar-refractivity contribution in [2.24, 2.45) is 0 Å². The van der Waals surface area contributed by atoms with Crippen molar-refractivity contribution in [3.8, 4) is 22.8 Å². The molecule has 2 nitrogen and oxygen atoms in total. The summed E-state index contributed by atoms with van der Waals surface area (Å²) >= 11 is 0. The van der Waals surface area contributed by atoms with Gasteiger partial charge in [0.2, 0.25) is 0 Å². The van der Waals surface area contributed by atoms with Crippen molar-refractivity contribution in [3.05, 3.63) is 101 Å². The second-order valence-corrected chi connectivity index (χ2v) is 11.6. The topological polar surface area (TPSA) is 8.81 Å². The Hall–Kier alpha value is -3.34. The third-order valence-corrected chi connectivity index (χ3v) is 7.46. The van der Waals surface area contributed by atoms with E-state index in [0.717, 1.165) is 22.8 Å². The fourth-order valence-corrected chi connectivity index (χ4v) is 5.42. The Morgan fingerprint density at radius 2 is 1.05 bits per heavy atom. The lowest BCUT2D eigenvalue weighted by molar-refractivity contribution is -0.584. The maximum absolute atomic E-state index is 13.5. The SMILES string of the molecule is CC(C)c1cccc(C(C)C)c1-n1cc[n+](-c2c(C(C)C)cccc2C(C)C)c1-c1ccc(C(F)(F)F)cc1. The van der Waals surface area contributed by atoms with Crippen LogP contribution in [0.2, 0.25) is 0 Å². The first-order valence-electron chi connectivity index (χ1n) is 13.9.